The van der Waals surface area contributed by atoms with Crippen molar-refractivity contribution in [3.8, 4) is 17.2 Å². The van der Waals surface area contributed by atoms with Gasteiger partial charge in [-0.1, -0.05) is 43.5 Å². The Morgan fingerprint density at radius 2 is 1.51 bits per heavy atom. The normalized spacial score (nSPS) is 17.6. The highest BCUT2D eigenvalue weighted by molar-refractivity contribution is 5.85. The van der Waals surface area contributed by atoms with Crippen LogP contribution in [0.4, 0.5) is 5.69 Å². The van der Waals surface area contributed by atoms with Crippen molar-refractivity contribution in [2.75, 3.05) is 52.4 Å². The molecule has 1 aliphatic carbocycles. The van der Waals surface area contributed by atoms with E-state index in [1.807, 2.05) is 24.3 Å². The van der Waals surface area contributed by atoms with Crippen LogP contribution in [0.3, 0.4) is 0 Å². The second-order valence-corrected chi connectivity index (χ2v) is 9.45. The van der Waals surface area contributed by atoms with Crippen LogP contribution in [0.5, 0.6) is 17.2 Å². The summed E-state index contributed by atoms with van der Waals surface area (Å²) in [6.07, 6.45) is 5.94. The van der Waals surface area contributed by atoms with Gasteiger partial charge in [-0.25, -0.2) is 4.68 Å². The number of rotatable bonds is 8. The van der Waals surface area contributed by atoms with Crippen LogP contribution in [-0.4, -0.2) is 72.6 Å². The first kappa shape index (κ1) is 27.0. The summed E-state index contributed by atoms with van der Waals surface area (Å²) in [5.41, 5.74) is 2.15. The number of para-hydroxylation sites is 3. The number of anilines is 1. The highest BCUT2D eigenvalue weighted by atomic mass is 35.5. The van der Waals surface area contributed by atoms with Crippen LogP contribution in [0.1, 0.15) is 55.6 Å². The van der Waals surface area contributed by atoms with E-state index in [0.717, 1.165) is 67.6 Å². The highest BCUT2D eigenvalue weighted by Crippen LogP contribution is 2.41. The zero-order valence-electron chi connectivity index (χ0n) is 21.9. The fourth-order valence-corrected chi connectivity index (χ4v) is 5.70. The molecule has 0 bridgehead atoms. The van der Waals surface area contributed by atoms with Gasteiger partial charge in [0.2, 0.25) is 0 Å². The highest BCUT2D eigenvalue weighted by Gasteiger charge is 2.35. The van der Waals surface area contributed by atoms with E-state index in [1.165, 1.54) is 19.3 Å². The van der Waals surface area contributed by atoms with Gasteiger partial charge < -0.3 is 19.1 Å². The van der Waals surface area contributed by atoms with E-state index >= 15 is 0 Å². The summed E-state index contributed by atoms with van der Waals surface area (Å²) in [7, 11) is 5.10. The lowest BCUT2D eigenvalue weighted by Gasteiger charge is -2.40. The van der Waals surface area contributed by atoms with Crippen molar-refractivity contribution in [2.45, 2.75) is 44.2 Å². The predicted octanol–water partition coefficient (Wildman–Crippen LogP) is 4.54. The molecule has 0 radical (unpaired) electrons. The SMILES string of the molecule is COc1ccccc1N1CCN(C(c2cccc(OC)c2OC)c2nnnn2C2CCCCC2)CC1.Cl. The van der Waals surface area contributed by atoms with Crippen LogP contribution in [0.15, 0.2) is 42.5 Å². The lowest BCUT2D eigenvalue weighted by Crippen LogP contribution is -2.48. The van der Waals surface area contributed by atoms with E-state index in [-0.39, 0.29) is 18.4 Å². The second-order valence-electron chi connectivity index (χ2n) is 9.45. The summed E-state index contributed by atoms with van der Waals surface area (Å²) in [5, 5.41) is 13.3. The summed E-state index contributed by atoms with van der Waals surface area (Å²) in [6.45, 7) is 3.43. The number of hydrogen-bond acceptors (Lipinski definition) is 8. The Labute approximate surface area is 225 Å². The number of halogens is 1. The molecule has 2 aromatic carbocycles. The molecule has 5 rings (SSSR count). The quantitative estimate of drug-likeness (QED) is 0.422. The predicted molar refractivity (Wildman–Crippen MR) is 145 cm³/mol. The number of tetrazole rings is 1. The topological polar surface area (TPSA) is 77.8 Å². The zero-order valence-corrected chi connectivity index (χ0v) is 22.7. The molecule has 2 aliphatic rings. The van der Waals surface area contributed by atoms with Crippen molar-refractivity contribution >= 4 is 18.1 Å². The van der Waals surface area contributed by atoms with Gasteiger partial charge in [0.25, 0.3) is 0 Å². The summed E-state index contributed by atoms with van der Waals surface area (Å²) in [4.78, 5) is 4.85. The smallest absolute Gasteiger partial charge is 0.173 e. The molecule has 1 aliphatic heterocycles. The zero-order chi connectivity index (χ0) is 24.9. The fourth-order valence-electron chi connectivity index (χ4n) is 5.70. The monoisotopic (exact) mass is 528 g/mol. The van der Waals surface area contributed by atoms with Gasteiger partial charge in [0.15, 0.2) is 17.3 Å². The molecule has 3 aromatic rings. The number of nitrogens with zero attached hydrogens (tertiary/aromatic N) is 6. The summed E-state index contributed by atoms with van der Waals surface area (Å²) >= 11 is 0. The van der Waals surface area contributed by atoms with Gasteiger partial charge in [0.05, 0.1) is 33.1 Å². The molecule has 0 spiro atoms. The molecule has 1 saturated carbocycles. The molecule has 1 aromatic heterocycles. The second kappa shape index (κ2) is 12.5. The van der Waals surface area contributed by atoms with Gasteiger partial charge in [-0.2, -0.15) is 0 Å². The molecule has 1 atom stereocenters. The van der Waals surface area contributed by atoms with Crippen molar-refractivity contribution in [3.63, 3.8) is 0 Å². The van der Waals surface area contributed by atoms with E-state index in [0.29, 0.717) is 11.8 Å². The molecule has 0 N–H and O–H groups in total. The molecule has 9 nitrogen and oxygen atoms in total. The van der Waals surface area contributed by atoms with Crippen molar-refractivity contribution in [2.24, 2.45) is 0 Å². The van der Waals surface area contributed by atoms with Crippen LogP contribution < -0.4 is 19.1 Å². The number of aromatic nitrogens is 4. The van der Waals surface area contributed by atoms with E-state index in [9.17, 15) is 0 Å². The number of methoxy groups -OCH3 is 3. The minimum Gasteiger partial charge on any atom is -0.495 e. The average molecular weight is 529 g/mol. The van der Waals surface area contributed by atoms with Crippen LogP contribution in [-0.2, 0) is 0 Å². The summed E-state index contributed by atoms with van der Waals surface area (Å²) in [5.74, 6) is 3.22. The van der Waals surface area contributed by atoms with Crippen molar-refractivity contribution in [1.29, 1.82) is 0 Å². The van der Waals surface area contributed by atoms with Gasteiger partial charge in [-0.3, -0.25) is 4.90 Å². The van der Waals surface area contributed by atoms with Crippen LogP contribution in [0, 0.1) is 0 Å². The molecule has 200 valence electrons. The summed E-state index contributed by atoms with van der Waals surface area (Å²) in [6, 6.07) is 14.5. The number of benzene rings is 2. The third-order valence-corrected chi connectivity index (χ3v) is 7.52. The average Bonchev–Trinajstić information content (AvgIpc) is 3.43. The van der Waals surface area contributed by atoms with Gasteiger partial charge in [-0.05, 0) is 41.5 Å². The van der Waals surface area contributed by atoms with Crippen LogP contribution in [0.25, 0.3) is 0 Å². The lowest BCUT2D eigenvalue weighted by molar-refractivity contribution is 0.189. The molecule has 2 fully saturated rings. The number of ether oxygens (including phenoxy) is 3. The number of piperazine rings is 1. The molecular formula is C27H37ClN6O3. The lowest BCUT2D eigenvalue weighted by atomic mass is 9.94. The Morgan fingerprint density at radius 3 is 2.22 bits per heavy atom. The summed E-state index contributed by atoms with van der Waals surface area (Å²) < 4.78 is 19.2. The Hall–Kier alpha value is -3.04. The maximum Gasteiger partial charge on any atom is 0.173 e. The number of hydrogen-bond donors (Lipinski definition) is 0. The van der Waals surface area contributed by atoms with Crippen molar-refractivity contribution in [3.05, 3.63) is 53.9 Å². The molecule has 0 amide bonds. The Kier molecular flexibility index (Phi) is 9.10. The van der Waals surface area contributed by atoms with E-state index in [2.05, 4.69) is 48.2 Å². The van der Waals surface area contributed by atoms with Gasteiger partial charge in [0.1, 0.15) is 11.8 Å². The molecule has 1 saturated heterocycles. The molecule has 10 heteroatoms. The Balaban J connectivity index is 0.00000320. The Morgan fingerprint density at radius 1 is 0.811 bits per heavy atom. The molecule has 2 heterocycles. The van der Waals surface area contributed by atoms with Gasteiger partial charge in [0, 0.05) is 31.7 Å². The maximum atomic E-state index is 5.89. The molecule has 1 unspecified atom stereocenters. The third-order valence-electron chi connectivity index (χ3n) is 7.52. The van der Waals surface area contributed by atoms with Crippen molar-refractivity contribution in [1.82, 2.24) is 25.1 Å². The van der Waals surface area contributed by atoms with Gasteiger partial charge >= 0.3 is 0 Å². The third kappa shape index (κ3) is 5.48. The fraction of sp³-hybridized carbons (Fsp3) is 0.519. The first-order chi connectivity index (χ1) is 17.7. The Bertz CT molecular complexity index is 1140. The van der Waals surface area contributed by atoms with E-state index in [4.69, 9.17) is 14.2 Å². The minimum atomic E-state index is -0.146. The first-order valence-corrected chi connectivity index (χ1v) is 12.9. The largest absolute Gasteiger partial charge is 0.495 e. The maximum absolute atomic E-state index is 5.89. The molecular weight excluding hydrogens is 492 g/mol. The first-order valence-electron chi connectivity index (χ1n) is 12.9. The van der Waals surface area contributed by atoms with E-state index < -0.39 is 0 Å². The van der Waals surface area contributed by atoms with Crippen LogP contribution >= 0.6 is 12.4 Å². The van der Waals surface area contributed by atoms with Gasteiger partial charge in [-0.15, -0.1) is 17.5 Å². The van der Waals surface area contributed by atoms with Crippen LogP contribution in [0.2, 0.25) is 0 Å². The van der Waals surface area contributed by atoms with E-state index in [1.54, 1.807) is 21.3 Å². The van der Waals surface area contributed by atoms with Crippen molar-refractivity contribution < 1.29 is 14.2 Å². The minimum absolute atomic E-state index is 0. The molecule has 37 heavy (non-hydrogen) atoms. The standard InChI is InChI=1S/C27H36N6O3.ClH/c1-34-23-14-8-7-13-22(23)31-16-18-32(19-17-31)25(21-12-9-15-24(35-2)26(21)36-3)27-28-29-30-33(27)20-10-5-4-6-11-20;/h7-9,12-15,20,25H,4-6,10-11,16-19H2,1-3H3;1H.